The number of aromatic nitrogens is 2. The Kier molecular flexibility index (Phi) is 5.03. The molecule has 1 aliphatic rings. The van der Waals surface area contributed by atoms with Gasteiger partial charge in [-0.1, -0.05) is 30.0 Å². The first-order valence-electron chi connectivity index (χ1n) is 7.83. The van der Waals surface area contributed by atoms with E-state index in [1.807, 2.05) is 27.8 Å². The van der Waals surface area contributed by atoms with Crippen LogP contribution in [0, 0.1) is 6.92 Å². The molecule has 6 heteroatoms. The predicted molar refractivity (Wildman–Crippen MR) is 90.8 cm³/mol. The summed E-state index contributed by atoms with van der Waals surface area (Å²) in [6.45, 7) is 3.35. The highest BCUT2D eigenvalue weighted by Crippen LogP contribution is 2.23. The fraction of sp³-hybridized carbons (Fsp3) is 0.412. The van der Waals surface area contributed by atoms with Crippen molar-refractivity contribution >= 4 is 17.7 Å². The van der Waals surface area contributed by atoms with Crippen molar-refractivity contribution < 1.29 is 9.90 Å². The maximum Gasteiger partial charge on any atom is 0.233 e. The number of aliphatic hydroxyl groups excluding tert-OH is 1. The monoisotopic (exact) mass is 331 g/mol. The summed E-state index contributed by atoms with van der Waals surface area (Å²) in [5.41, 5.74) is 2.25. The molecule has 0 atom stereocenters. The van der Waals surface area contributed by atoms with Gasteiger partial charge in [-0.15, -0.1) is 0 Å². The highest BCUT2D eigenvalue weighted by Gasteiger charge is 2.21. The Bertz CT molecular complexity index is 678. The van der Waals surface area contributed by atoms with Crippen molar-refractivity contribution in [2.75, 3.05) is 18.8 Å². The molecule has 0 radical (unpaired) electrons. The van der Waals surface area contributed by atoms with E-state index in [2.05, 4.69) is 24.0 Å². The van der Waals surface area contributed by atoms with Crippen LogP contribution in [0.3, 0.4) is 0 Å². The van der Waals surface area contributed by atoms with Crippen LogP contribution < -0.4 is 0 Å². The van der Waals surface area contributed by atoms with Crippen LogP contribution in [-0.2, 0) is 4.79 Å². The molecule has 0 bridgehead atoms. The minimum Gasteiger partial charge on any atom is -0.393 e. The van der Waals surface area contributed by atoms with Gasteiger partial charge >= 0.3 is 0 Å². The van der Waals surface area contributed by atoms with Crippen LogP contribution >= 0.6 is 11.8 Å². The number of carbonyl (C=O) groups is 1. The SMILES string of the molecule is Cc1ccccc1-n1ccnc1SCC(=O)N1CCC(O)CC1. The summed E-state index contributed by atoms with van der Waals surface area (Å²) in [4.78, 5) is 18.5. The van der Waals surface area contributed by atoms with Gasteiger partial charge in [0.1, 0.15) is 0 Å². The van der Waals surface area contributed by atoms with Crippen LogP contribution in [0.25, 0.3) is 5.69 Å². The van der Waals surface area contributed by atoms with Crippen molar-refractivity contribution in [3.8, 4) is 5.69 Å². The number of thioether (sulfide) groups is 1. The number of likely N-dealkylation sites (tertiary alicyclic amines) is 1. The molecule has 1 amide bonds. The molecule has 2 heterocycles. The highest BCUT2D eigenvalue weighted by molar-refractivity contribution is 7.99. The van der Waals surface area contributed by atoms with Crippen molar-refractivity contribution in [3.63, 3.8) is 0 Å². The molecule has 23 heavy (non-hydrogen) atoms. The van der Waals surface area contributed by atoms with Crippen molar-refractivity contribution in [3.05, 3.63) is 42.2 Å². The third-order valence-electron chi connectivity index (χ3n) is 4.12. The molecular weight excluding hydrogens is 310 g/mol. The number of piperidine rings is 1. The van der Waals surface area contributed by atoms with Crippen molar-refractivity contribution in [2.24, 2.45) is 0 Å². The van der Waals surface area contributed by atoms with Crippen molar-refractivity contribution in [1.82, 2.24) is 14.5 Å². The van der Waals surface area contributed by atoms with Gasteiger partial charge in [0, 0.05) is 25.5 Å². The van der Waals surface area contributed by atoms with Gasteiger partial charge < -0.3 is 10.0 Å². The van der Waals surface area contributed by atoms with E-state index < -0.39 is 0 Å². The summed E-state index contributed by atoms with van der Waals surface area (Å²) in [5, 5.41) is 10.3. The van der Waals surface area contributed by atoms with Crippen molar-refractivity contribution in [2.45, 2.75) is 31.0 Å². The number of hydrogen-bond acceptors (Lipinski definition) is 4. The maximum atomic E-state index is 12.3. The maximum absolute atomic E-state index is 12.3. The average Bonchev–Trinajstić information content (AvgIpc) is 3.02. The van der Waals surface area contributed by atoms with E-state index in [0.717, 1.165) is 10.8 Å². The highest BCUT2D eigenvalue weighted by atomic mass is 32.2. The van der Waals surface area contributed by atoms with E-state index in [-0.39, 0.29) is 12.0 Å². The normalized spacial score (nSPS) is 15.8. The lowest BCUT2D eigenvalue weighted by Crippen LogP contribution is -2.40. The summed E-state index contributed by atoms with van der Waals surface area (Å²) in [6, 6.07) is 8.13. The van der Waals surface area contributed by atoms with Crippen LogP contribution in [0.15, 0.2) is 41.8 Å². The standard InChI is InChI=1S/C17H21N3O2S/c1-13-4-2-3-5-15(13)20-11-8-18-17(20)23-12-16(22)19-9-6-14(21)7-10-19/h2-5,8,11,14,21H,6-7,9-10,12H2,1H3. The Morgan fingerprint density at radius 3 is 2.83 bits per heavy atom. The molecule has 1 aromatic heterocycles. The molecule has 0 spiro atoms. The molecule has 3 rings (SSSR count). The summed E-state index contributed by atoms with van der Waals surface area (Å²) >= 11 is 1.46. The number of carbonyl (C=O) groups excluding carboxylic acids is 1. The second-order valence-corrected chi connectivity index (χ2v) is 6.71. The first-order valence-corrected chi connectivity index (χ1v) is 8.81. The molecule has 1 fully saturated rings. The van der Waals surface area contributed by atoms with Gasteiger partial charge in [0.25, 0.3) is 0 Å². The van der Waals surface area contributed by atoms with E-state index in [4.69, 9.17) is 0 Å². The van der Waals surface area contributed by atoms with Crippen LogP contribution in [-0.4, -0.2) is 50.4 Å². The van der Waals surface area contributed by atoms with E-state index >= 15 is 0 Å². The number of hydrogen-bond donors (Lipinski definition) is 1. The second kappa shape index (κ2) is 7.19. The molecule has 1 aromatic carbocycles. The number of para-hydroxylation sites is 1. The smallest absolute Gasteiger partial charge is 0.233 e. The fourth-order valence-corrected chi connectivity index (χ4v) is 3.62. The Morgan fingerprint density at radius 2 is 2.09 bits per heavy atom. The molecule has 5 nitrogen and oxygen atoms in total. The second-order valence-electron chi connectivity index (χ2n) is 5.77. The van der Waals surface area contributed by atoms with E-state index in [9.17, 15) is 9.90 Å². The number of nitrogens with zero attached hydrogens (tertiary/aromatic N) is 3. The summed E-state index contributed by atoms with van der Waals surface area (Å²) in [6.07, 6.45) is 4.78. The van der Waals surface area contributed by atoms with Gasteiger partial charge in [0.15, 0.2) is 5.16 Å². The lowest BCUT2D eigenvalue weighted by molar-refractivity contribution is -0.130. The van der Waals surface area contributed by atoms with Crippen LogP contribution in [0.2, 0.25) is 0 Å². The first kappa shape index (κ1) is 16.1. The first-order chi connectivity index (χ1) is 11.1. The molecule has 0 aliphatic carbocycles. The van der Waals surface area contributed by atoms with Gasteiger partial charge in [0.2, 0.25) is 5.91 Å². The van der Waals surface area contributed by atoms with E-state index in [0.29, 0.717) is 31.7 Å². The zero-order valence-corrected chi connectivity index (χ0v) is 14.0. The lowest BCUT2D eigenvalue weighted by atomic mass is 10.1. The van der Waals surface area contributed by atoms with Gasteiger partial charge in [-0.25, -0.2) is 4.98 Å². The molecule has 1 saturated heterocycles. The van der Waals surface area contributed by atoms with E-state index in [1.165, 1.54) is 17.3 Å². The topological polar surface area (TPSA) is 58.4 Å². The molecule has 1 aliphatic heterocycles. The minimum atomic E-state index is -0.258. The summed E-state index contributed by atoms with van der Waals surface area (Å²) in [5.74, 6) is 0.486. The third kappa shape index (κ3) is 3.76. The number of benzene rings is 1. The fourth-order valence-electron chi connectivity index (χ4n) is 2.75. The Morgan fingerprint density at radius 1 is 1.35 bits per heavy atom. The third-order valence-corrected chi connectivity index (χ3v) is 5.08. The van der Waals surface area contributed by atoms with E-state index in [1.54, 1.807) is 6.20 Å². The molecule has 2 aromatic rings. The Balaban J connectivity index is 1.65. The predicted octanol–water partition coefficient (Wildman–Crippen LogP) is 2.26. The summed E-state index contributed by atoms with van der Waals surface area (Å²) in [7, 11) is 0. The number of aliphatic hydroxyl groups is 1. The Labute approximate surface area is 140 Å². The van der Waals surface area contributed by atoms with Crippen LogP contribution in [0.4, 0.5) is 0 Å². The summed E-state index contributed by atoms with van der Waals surface area (Å²) < 4.78 is 2.02. The molecular formula is C17H21N3O2S. The van der Waals surface area contributed by atoms with Gasteiger partial charge in [0.05, 0.1) is 17.5 Å². The van der Waals surface area contributed by atoms with Crippen LogP contribution in [0.5, 0.6) is 0 Å². The molecule has 122 valence electrons. The lowest BCUT2D eigenvalue weighted by Gasteiger charge is -2.29. The number of aryl methyl sites for hydroxylation is 1. The van der Waals surface area contributed by atoms with Crippen LogP contribution in [0.1, 0.15) is 18.4 Å². The number of amides is 1. The van der Waals surface area contributed by atoms with Crippen molar-refractivity contribution in [1.29, 1.82) is 0 Å². The molecule has 1 N–H and O–H groups in total. The average molecular weight is 331 g/mol. The quantitative estimate of drug-likeness (QED) is 0.873. The van der Waals surface area contributed by atoms with Gasteiger partial charge in [-0.2, -0.15) is 0 Å². The number of imidazole rings is 1. The number of rotatable bonds is 4. The molecule has 0 unspecified atom stereocenters. The Hall–Kier alpha value is -1.79. The largest absolute Gasteiger partial charge is 0.393 e. The minimum absolute atomic E-state index is 0.112. The van der Waals surface area contributed by atoms with Gasteiger partial charge in [-0.3, -0.25) is 9.36 Å². The zero-order chi connectivity index (χ0) is 16.2. The molecule has 0 saturated carbocycles. The van der Waals surface area contributed by atoms with Gasteiger partial charge in [-0.05, 0) is 31.4 Å². The zero-order valence-electron chi connectivity index (χ0n) is 13.2.